The molecule has 8 heteroatoms. The maximum absolute atomic E-state index is 12.6. The van der Waals surface area contributed by atoms with Crippen LogP contribution in [0.25, 0.3) is 10.9 Å². The fourth-order valence-electron chi connectivity index (χ4n) is 2.46. The number of halogens is 2. The van der Waals surface area contributed by atoms with Crippen LogP contribution >= 0.6 is 27.5 Å². The molecule has 0 bridgehead atoms. The van der Waals surface area contributed by atoms with Crippen LogP contribution in [0, 0.1) is 0 Å². The number of aromatic amines is 1. The highest BCUT2D eigenvalue weighted by Gasteiger charge is 2.13. The van der Waals surface area contributed by atoms with Crippen molar-refractivity contribution in [2.75, 3.05) is 0 Å². The van der Waals surface area contributed by atoms with E-state index in [1.165, 1.54) is 6.21 Å². The molecule has 0 saturated carbocycles. The van der Waals surface area contributed by atoms with Gasteiger partial charge in [-0.15, -0.1) is 4.68 Å². The van der Waals surface area contributed by atoms with Crippen LogP contribution in [0.5, 0.6) is 5.75 Å². The number of para-hydroxylation sites is 1. The highest BCUT2D eigenvalue weighted by molar-refractivity contribution is 9.10. The highest BCUT2D eigenvalue weighted by Crippen LogP contribution is 2.33. The van der Waals surface area contributed by atoms with Crippen molar-refractivity contribution in [3.63, 3.8) is 0 Å². The lowest BCUT2D eigenvalue weighted by Gasteiger charge is -2.16. The molecule has 0 aliphatic carbocycles. The zero-order valence-electron chi connectivity index (χ0n) is 14.7. The number of rotatable bonds is 5. The van der Waals surface area contributed by atoms with Crippen molar-refractivity contribution in [3.8, 4) is 5.75 Å². The first-order chi connectivity index (χ1) is 12.9. The lowest BCUT2D eigenvalue weighted by atomic mass is 10.2. The van der Waals surface area contributed by atoms with E-state index in [0.29, 0.717) is 31.7 Å². The Morgan fingerprint density at radius 3 is 2.81 bits per heavy atom. The van der Waals surface area contributed by atoms with Crippen LogP contribution in [0.3, 0.4) is 0 Å². The normalized spacial score (nSPS) is 12.6. The van der Waals surface area contributed by atoms with Crippen molar-refractivity contribution in [2.24, 2.45) is 5.10 Å². The number of hydrogen-bond donors (Lipinski definition) is 1. The summed E-state index contributed by atoms with van der Waals surface area (Å²) in [6, 6.07) is 10.1. The van der Waals surface area contributed by atoms with Gasteiger partial charge in [-0.25, -0.2) is 4.79 Å². The first-order valence-electron chi connectivity index (χ1n) is 8.34. The monoisotopic (exact) mass is 449 g/mol. The van der Waals surface area contributed by atoms with E-state index in [2.05, 4.69) is 26.0 Å². The van der Waals surface area contributed by atoms with E-state index < -0.39 is 11.2 Å². The van der Waals surface area contributed by atoms with Crippen molar-refractivity contribution < 1.29 is 4.74 Å². The molecule has 140 valence electrons. The van der Waals surface area contributed by atoms with Crippen LogP contribution in [0.15, 0.2) is 55.6 Å². The van der Waals surface area contributed by atoms with Gasteiger partial charge in [0.1, 0.15) is 5.75 Å². The quantitative estimate of drug-likeness (QED) is 0.593. The third kappa shape index (κ3) is 4.14. The van der Waals surface area contributed by atoms with Gasteiger partial charge in [0.15, 0.2) is 0 Å². The van der Waals surface area contributed by atoms with E-state index in [1.54, 1.807) is 36.4 Å². The van der Waals surface area contributed by atoms with E-state index in [0.717, 1.165) is 11.1 Å². The molecule has 0 fully saturated rings. The van der Waals surface area contributed by atoms with Gasteiger partial charge in [-0.3, -0.25) is 4.79 Å². The number of H-pyrrole nitrogens is 1. The zero-order valence-corrected chi connectivity index (χ0v) is 17.0. The second kappa shape index (κ2) is 8.10. The smallest absolute Gasteiger partial charge is 0.349 e. The molecule has 0 radical (unpaired) electrons. The van der Waals surface area contributed by atoms with Crippen LogP contribution in [-0.4, -0.2) is 22.0 Å². The minimum Gasteiger partial charge on any atom is -0.489 e. The third-order valence-corrected chi connectivity index (χ3v) is 4.83. The molecule has 0 unspecified atom stereocenters. The number of ether oxygens (including phenoxy) is 1. The summed E-state index contributed by atoms with van der Waals surface area (Å²) in [6.07, 6.45) is 2.18. The Hall–Kier alpha value is -2.38. The molecular weight excluding hydrogens is 434 g/mol. The van der Waals surface area contributed by atoms with Crippen molar-refractivity contribution in [2.45, 2.75) is 26.4 Å². The summed E-state index contributed by atoms with van der Waals surface area (Å²) in [5, 5.41) is 4.92. The van der Waals surface area contributed by atoms with E-state index in [4.69, 9.17) is 16.3 Å². The predicted molar refractivity (Wildman–Crippen MR) is 111 cm³/mol. The number of fused-ring (bicyclic) bond motifs is 1. The fourth-order valence-corrected chi connectivity index (χ4v) is 3.39. The summed E-state index contributed by atoms with van der Waals surface area (Å²) in [5.74, 6) is 0.544. The Labute approximate surface area is 168 Å². The summed E-state index contributed by atoms with van der Waals surface area (Å²) in [7, 11) is 0. The third-order valence-electron chi connectivity index (χ3n) is 4.03. The molecule has 27 heavy (non-hydrogen) atoms. The molecule has 1 heterocycles. The van der Waals surface area contributed by atoms with Crippen LogP contribution in [0.1, 0.15) is 25.8 Å². The Balaban J connectivity index is 2.10. The Morgan fingerprint density at radius 1 is 1.33 bits per heavy atom. The predicted octanol–water partition coefficient (Wildman–Crippen LogP) is 4.17. The van der Waals surface area contributed by atoms with E-state index >= 15 is 0 Å². The van der Waals surface area contributed by atoms with Crippen LogP contribution in [0.4, 0.5) is 0 Å². The zero-order chi connectivity index (χ0) is 19.6. The van der Waals surface area contributed by atoms with Gasteiger partial charge in [-0.1, -0.05) is 30.7 Å². The molecule has 1 N–H and O–H groups in total. The van der Waals surface area contributed by atoms with Crippen LogP contribution in [-0.2, 0) is 0 Å². The van der Waals surface area contributed by atoms with Crippen molar-refractivity contribution in [1.82, 2.24) is 9.66 Å². The molecule has 3 aromatic rings. The Morgan fingerprint density at radius 2 is 2.07 bits per heavy atom. The second-order valence-corrected chi connectivity index (χ2v) is 7.27. The average Bonchev–Trinajstić information content (AvgIpc) is 2.63. The van der Waals surface area contributed by atoms with Gasteiger partial charge in [0.05, 0.1) is 27.7 Å². The minimum atomic E-state index is -0.625. The number of aromatic nitrogens is 2. The summed E-state index contributed by atoms with van der Waals surface area (Å²) in [6.45, 7) is 3.96. The molecule has 0 saturated heterocycles. The SMILES string of the molecule is CC[C@H](C)Oc1c(Br)cc(Cl)cc1C=Nn1c(=O)[nH]c2ccccc2c1=O. The lowest BCUT2D eigenvalue weighted by molar-refractivity contribution is 0.215. The van der Waals surface area contributed by atoms with Gasteiger partial charge >= 0.3 is 5.69 Å². The maximum Gasteiger partial charge on any atom is 0.349 e. The van der Waals surface area contributed by atoms with Gasteiger partial charge in [0.2, 0.25) is 0 Å². The average molecular weight is 451 g/mol. The van der Waals surface area contributed by atoms with Crippen LogP contribution < -0.4 is 16.0 Å². The second-order valence-electron chi connectivity index (χ2n) is 5.98. The molecule has 2 aromatic carbocycles. The Bertz CT molecular complexity index is 1140. The first-order valence-corrected chi connectivity index (χ1v) is 9.52. The number of nitrogens with zero attached hydrogens (tertiary/aromatic N) is 2. The Kier molecular flexibility index (Phi) is 5.82. The summed E-state index contributed by atoms with van der Waals surface area (Å²) >= 11 is 9.57. The fraction of sp³-hybridized carbons (Fsp3) is 0.211. The minimum absolute atomic E-state index is 0.0265. The topological polar surface area (TPSA) is 76.5 Å². The molecule has 0 spiro atoms. The number of hydrogen-bond acceptors (Lipinski definition) is 4. The summed E-state index contributed by atoms with van der Waals surface area (Å²) in [5.41, 5.74) is -0.115. The molecule has 3 rings (SSSR count). The van der Waals surface area contributed by atoms with Gasteiger partial charge in [-0.05, 0) is 53.5 Å². The van der Waals surface area contributed by atoms with Crippen molar-refractivity contribution >= 4 is 44.6 Å². The van der Waals surface area contributed by atoms with Crippen molar-refractivity contribution in [1.29, 1.82) is 0 Å². The van der Waals surface area contributed by atoms with Gasteiger partial charge < -0.3 is 9.72 Å². The first kappa shape index (κ1) is 19.4. The molecule has 0 aliphatic rings. The van der Waals surface area contributed by atoms with Gasteiger partial charge in [-0.2, -0.15) is 5.10 Å². The van der Waals surface area contributed by atoms with E-state index in [1.807, 2.05) is 13.8 Å². The number of benzene rings is 2. The molecule has 1 aromatic heterocycles. The lowest BCUT2D eigenvalue weighted by Crippen LogP contribution is -2.32. The number of nitrogens with one attached hydrogen (secondary N) is 1. The largest absolute Gasteiger partial charge is 0.489 e. The van der Waals surface area contributed by atoms with Gasteiger partial charge in [0, 0.05) is 10.6 Å². The summed E-state index contributed by atoms with van der Waals surface area (Å²) in [4.78, 5) is 27.5. The molecule has 0 aliphatic heterocycles. The molecule has 0 amide bonds. The highest BCUT2D eigenvalue weighted by atomic mass is 79.9. The molecule has 1 atom stereocenters. The van der Waals surface area contributed by atoms with E-state index in [-0.39, 0.29) is 6.10 Å². The molecule has 6 nitrogen and oxygen atoms in total. The maximum atomic E-state index is 12.6. The van der Waals surface area contributed by atoms with Crippen molar-refractivity contribution in [3.05, 3.63) is 72.3 Å². The van der Waals surface area contributed by atoms with Crippen LogP contribution in [0.2, 0.25) is 5.02 Å². The van der Waals surface area contributed by atoms with E-state index in [9.17, 15) is 9.59 Å². The molecular formula is C19H17BrClN3O3. The summed E-state index contributed by atoms with van der Waals surface area (Å²) < 4.78 is 7.37. The van der Waals surface area contributed by atoms with Gasteiger partial charge in [0.25, 0.3) is 5.56 Å². The standard InChI is InChI=1S/C19H17BrClN3O3/c1-3-11(2)27-17-12(8-13(21)9-15(17)20)10-22-24-18(25)14-6-4-5-7-16(14)23-19(24)26/h4-11H,3H2,1-2H3,(H,23,26)/t11-/m0/s1.